The highest BCUT2D eigenvalue weighted by Gasteiger charge is 2.30. The topological polar surface area (TPSA) is 88.4 Å². The van der Waals surface area contributed by atoms with Gasteiger partial charge in [0.2, 0.25) is 15.9 Å². The van der Waals surface area contributed by atoms with E-state index in [1.165, 1.54) is 16.1 Å². The lowest BCUT2D eigenvalue weighted by Gasteiger charge is -2.34. The molecule has 8 nitrogen and oxygen atoms in total. The molecule has 0 N–H and O–H groups in total. The fourth-order valence-corrected chi connectivity index (χ4v) is 5.92. The summed E-state index contributed by atoms with van der Waals surface area (Å²) in [6, 6.07) is 18.1. The summed E-state index contributed by atoms with van der Waals surface area (Å²) in [5.74, 6) is 0.881. The Morgan fingerprint density at radius 3 is 2.24 bits per heavy atom. The van der Waals surface area contributed by atoms with Crippen LogP contribution in [0.2, 0.25) is 0 Å². The van der Waals surface area contributed by atoms with E-state index in [1.807, 2.05) is 34.9 Å². The zero-order chi connectivity index (χ0) is 23.3. The van der Waals surface area contributed by atoms with Crippen LogP contribution in [0, 0.1) is 0 Å². The number of hydrogen-bond acceptors (Lipinski definition) is 6. The van der Waals surface area contributed by atoms with Crippen LogP contribution in [-0.4, -0.2) is 70.2 Å². The summed E-state index contributed by atoms with van der Waals surface area (Å²) in [7, 11) is -3.54. The Hall–Kier alpha value is -2.95. The van der Waals surface area contributed by atoms with Gasteiger partial charge in [-0.1, -0.05) is 66.4 Å². The molecule has 1 aliphatic heterocycles. The van der Waals surface area contributed by atoms with Crippen LogP contribution in [0.15, 0.2) is 83.4 Å². The van der Waals surface area contributed by atoms with E-state index >= 15 is 0 Å². The molecule has 172 valence electrons. The van der Waals surface area contributed by atoms with Crippen molar-refractivity contribution in [1.82, 2.24) is 24.0 Å². The van der Waals surface area contributed by atoms with E-state index in [4.69, 9.17) is 0 Å². The number of thioether (sulfide) groups is 1. The van der Waals surface area contributed by atoms with Crippen LogP contribution in [0.25, 0.3) is 11.4 Å². The van der Waals surface area contributed by atoms with Gasteiger partial charge < -0.3 is 4.90 Å². The second-order valence-corrected chi connectivity index (χ2v) is 10.3. The molecule has 1 fully saturated rings. The van der Waals surface area contributed by atoms with Gasteiger partial charge in [-0.25, -0.2) is 8.42 Å². The quantitative estimate of drug-likeness (QED) is 0.362. The molecule has 1 aromatic heterocycles. The largest absolute Gasteiger partial charge is 0.339 e. The number of amides is 1. The van der Waals surface area contributed by atoms with Crippen molar-refractivity contribution >= 4 is 27.7 Å². The van der Waals surface area contributed by atoms with E-state index in [1.54, 1.807) is 41.3 Å². The van der Waals surface area contributed by atoms with Crippen LogP contribution in [0.5, 0.6) is 0 Å². The maximum Gasteiger partial charge on any atom is 0.243 e. The van der Waals surface area contributed by atoms with Crippen molar-refractivity contribution in [1.29, 1.82) is 0 Å². The van der Waals surface area contributed by atoms with Crippen LogP contribution < -0.4 is 0 Å². The van der Waals surface area contributed by atoms with Gasteiger partial charge in [0.15, 0.2) is 11.0 Å². The third-order valence-electron chi connectivity index (χ3n) is 5.36. The maximum absolute atomic E-state index is 12.8. The summed E-state index contributed by atoms with van der Waals surface area (Å²) in [4.78, 5) is 14.8. The normalized spacial score (nSPS) is 14.8. The van der Waals surface area contributed by atoms with E-state index in [0.717, 1.165) is 11.4 Å². The highest BCUT2D eigenvalue weighted by Crippen LogP contribution is 2.25. The molecule has 0 atom stereocenters. The first kappa shape index (κ1) is 23.2. The minimum Gasteiger partial charge on any atom is -0.339 e. The van der Waals surface area contributed by atoms with Crippen LogP contribution in [-0.2, 0) is 21.4 Å². The molecule has 0 unspecified atom stereocenters. The summed E-state index contributed by atoms with van der Waals surface area (Å²) in [5.41, 5.74) is 0.945. The van der Waals surface area contributed by atoms with Gasteiger partial charge in [-0.3, -0.25) is 9.36 Å². The average molecular weight is 484 g/mol. The molecule has 10 heteroatoms. The molecule has 0 aliphatic carbocycles. The molecule has 3 aromatic rings. The third kappa shape index (κ3) is 5.18. The van der Waals surface area contributed by atoms with E-state index < -0.39 is 10.0 Å². The third-order valence-corrected chi connectivity index (χ3v) is 8.22. The van der Waals surface area contributed by atoms with E-state index in [0.29, 0.717) is 24.8 Å². The number of sulfonamides is 1. The van der Waals surface area contributed by atoms with Gasteiger partial charge in [0, 0.05) is 38.3 Å². The molecule has 1 saturated heterocycles. The van der Waals surface area contributed by atoms with Crippen LogP contribution in [0.4, 0.5) is 0 Å². The molecule has 4 rings (SSSR count). The van der Waals surface area contributed by atoms with E-state index in [2.05, 4.69) is 16.8 Å². The summed E-state index contributed by atoms with van der Waals surface area (Å²) < 4.78 is 28.9. The standard InChI is InChI=1S/C23H25N5O3S2/c1-2-13-28-22(19-9-5-3-6-10-19)24-25-23(28)32-18-21(29)26-14-16-27(17-15-26)33(30,31)20-11-7-4-8-12-20/h2-12H,1,13-18H2. The summed E-state index contributed by atoms with van der Waals surface area (Å²) in [6.07, 6.45) is 1.77. The molecular formula is C23H25N5O3S2. The van der Waals surface area contributed by atoms with E-state index in [-0.39, 0.29) is 29.6 Å². The first-order valence-electron chi connectivity index (χ1n) is 10.6. The van der Waals surface area contributed by atoms with Crippen molar-refractivity contribution in [2.45, 2.75) is 16.6 Å². The molecule has 1 amide bonds. The fraction of sp³-hybridized carbons (Fsp3) is 0.261. The number of rotatable bonds is 8. The number of benzene rings is 2. The number of carbonyl (C=O) groups is 1. The van der Waals surface area contributed by atoms with Crippen molar-refractivity contribution < 1.29 is 13.2 Å². The second kappa shape index (κ2) is 10.3. The lowest BCUT2D eigenvalue weighted by molar-refractivity contribution is -0.129. The lowest BCUT2D eigenvalue weighted by Crippen LogP contribution is -2.50. The summed E-state index contributed by atoms with van der Waals surface area (Å²) in [6.45, 7) is 5.62. The first-order chi connectivity index (χ1) is 16.0. The number of carbonyl (C=O) groups excluding carboxylic acids is 1. The number of allylic oxidation sites excluding steroid dienone is 1. The van der Waals surface area contributed by atoms with Gasteiger partial charge in [0.05, 0.1) is 10.6 Å². The minimum atomic E-state index is -3.54. The molecular weight excluding hydrogens is 458 g/mol. The zero-order valence-electron chi connectivity index (χ0n) is 18.1. The predicted molar refractivity (Wildman–Crippen MR) is 128 cm³/mol. The minimum absolute atomic E-state index is 0.0498. The highest BCUT2D eigenvalue weighted by atomic mass is 32.2. The van der Waals surface area contributed by atoms with Crippen LogP contribution in [0.3, 0.4) is 0 Å². The van der Waals surface area contributed by atoms with Gasteiger partial charge >= 0.3 is 0 Å². The smallest absolute Gasteiger partial charge is 0.243 e. The Morgan fingerprint density at radius 1 is 0.970 bits per heavy atom. The Balaban J connectivity index is 1.37. The number of piperazine rings is 1. The zero-order valence-corrected chi connectivity index (χ0v) is 19.7. The van der Waals surface area contributed by atoms with E-state index in [9.17, 15) is 13.2 Å². The van der Waals surface area contributed by atoms with Crippen molar-refractivity contribution in [2.24, 2.45) is 0 Å². The molecule has 33 heavy (non-hydrogen) atoms. The van der Waals surface area contributed by atoms with Crippen molar-refractivity contribution in [3.05, 3.63) is 73.3 Å². The first-order valence-corrected chi connectivity index (χ1v) is 13.0. The van der Waals surface area contributed by atoms with Crippen LogP contribution in [0.1, 0.15) is 0 Å². The highest BCUT2D eigenvalue weighted by molar-refractivity contribution is 7.99. The Kier molecular flexibility index (Phi) is 7.26. The summed E-state index contributed by atoms with van der Waals surface area (Å²) >= 11 is 1.33. The SMILES string of the molecule is C=CCn1c(SCC(=O)N2CCN(S(=O)(=O)c3ccccc3)CC2)nnc1-c1ccccc1. The number of hydrogen-bond donors (Lipinski definition) is 0. The lowest BCUT2D eigenvalue weighted by atomic mass is 10.2. The maximum atomic E-state index is 12.8. The Bertz CT molecular complexity index is 1210. The van der Waals surface area contributed by atoms with Gasteiger partial charge in [-0.15, -0.1) is 16.8 Å². The van der Waals surface area contributed by atoms with Gasteiger partial charge in [0.1, 0.15) is 0 Å². The molecule has 0 bridgehead atoms. The molecule has 0 spiro atoms. The molecule has 0 radical (unpaired) electrons. The van der Waals surface area contributed by atoms with Gasteiger partial charge in [-0.05, 0) is 12.1 Å². The van der Waals surface area contributed by atoms with Crippen LogP contribution >= 0.6 is 11.8 Å². The van der Waals surface area contributed by atoms with Crippen molar-refractivity contribution in [3.63, 3.8) is 0 Å². The van der Waals surface area contributed by atoms with Crippen molar-refractivity contribution in [2.75, 3.05) is 31.9 Å². The Labute approximate surface area is 198 Å². The molecule has 0 saturated carbocycles. The molecule has 2 aromatic carbocycles. The monoisotopic (exact) mass is 483 g/mol. The Morgan fingerprint density at radius 2 is 1.61 bits per heavy atom. The number of aromatic nitrogens is 3. The van der Waals surface area contributed by atoms with Gasteiger partial charge in [0.25, 0.3) is 0 Å². The molecule has 1 aliphatic rings. The van der Waals surface area contributed by atoms with Gasteiger partial charge in [-0.2, -0.15) is 4.31 Å². The summed E-state index contributed by atoms with van der Waals surface area (Å²) in [5, 5.41) is 9.23. The molecule has 2 heterocycles. The van der Waals surface area contributed by atoms with Crippen molar-refractivity contribution in [3.8, 4) is 11.4 Å². The fourth-order valence-electron chi connectivity index (χ4n) is 3.63. The average Bonchev–Trinajstić information content (AvgIpc) is 3.26. The number of nitrogens with zero attached hydrogens (tertiary/aromatic N) is 5. The predicted octanol–water partition coefficient (Wildman–Crippen LogP) is 2.76. The second-order valence-electron chi connectivity index (χ2n) is 7.46.